The van der Waals surface area contributed by atoms with Crippen molar-refractivity contribution in [3.05, 3.63) is 20.8 Å². The molecule has 0 amide bonds. The molecule has 80 valence electrons. The second-order valence-electron chi connectivity index (χ2n) is 4.42. The van der Waals surface area contributed by atoms with E-state index in [1.807, 2.05) is 13.8 Å². The molecule has 1 heterocycles. The van der Waals surface area contributed by atoms with Crippen molar-refractivity contribution in [3.8, 4) is 0 Å². The van der Waals surface area contributed by atoms with Gasteiger partial charge in [0.25, 0.3) is 0 Å². The van der Waals surface area contributed by atoms with Crippen LogP contribution in [0.1, 0.15) is 19.4 Å². The Morgan fingerprint density at radius 3 is 2.64 bits per heavy atom. The largest absolute Gasteiger partial charge is 0.324 e. The standard InChI is InChI=1S/C10H17BrN2S/c1-10(2,12)7-13(3)5-8-4-9(11)14-6-8/h4,6H,5,7,12H2,1-3H3. The summed E-state index contributed by atoms with van der Waals surface area (Å²) in [6, 6.07) is 2.16. The molecule has 0 atom stereocenters. The van der Waals surface area contributed by atoms with Gasteiger partial charge in [-0.1, -0.05) is 0 Å². The normalized spacial score (nSPS) is 12.4. The Morgan fingerprint density at radius 2 is 2.21 bits per heavy atom. The zero-order valence-electron chi connectivity index (χ0n) is 8.88. The van der Waals surface area contributed by atoms with E-state index in [1.54, 1.807) is 11.3 Å². The van der Waals surface area contributed by atoms with E-state index in [1.165, 1.54) is 9.35 Å². The Balaban J connectivity index is 2.45. The second-order valence-corrected chi connectivity index (χ2v) is 6.71. The van der Waals surface area contributed by atoms with Crippen molar-refractivity contribution in [1.29, 1.82) is 0 Å². The van der Waals surface area contributed by atoms with Gasteiger partial charge in [-0.3, -0.25) is 0 Å². The molecule has 0 fully saturated rings. The van der Waals surface area contributed by atoms with Gasteiger partial charge in [0.15, 0.2) is 0 Å². The van der Waals surface area contributed by atoms with Crippen LogP contribution >= 0.6 is 27.3 Å². The summed E-state index contributed by atoms with van der Waals surface area (Å²) in [5.41, 5.74) is 7.17. The summed E-state index contributed by atoms with van der Waals surface area (Å²) >= 11 is 5.18. The highest BCUT2D eigenvalue weighted by Gasteiger charge is 2.14. The molecular formula is C10H17BrN2S. The molecule has 0 saturated heterocycles. The Bertz CT molecular complexity index is 291. The van der Waals surface area contributed by atoms with Crippen LogP contribution < -0.4 is 5.73 Å². The molecule has 0 saturated carbocycles. The minimum atomic E-state index is -0.123. The monoisotopic (exact) mass is 276 g/mol. The molecule has 0 bridgehead atoms. The maximum absolute atomic E-state index is 5.95. The predicted octanol–water partition coefficient (Wildman–Crippen LogP) is 2.68. The molecule has 0 spiro atoms. The third kappa shape index (κ3) is 4.55. The highest BCUT2D eigenvalue weighted by Crippen LogP contribution is 2.21. The van der Waals surface area contributed by atoms with Crippen molar-refractivity contribution in [1.82, 2.24) is 4.90 Å². The van der Waals surface area contributed by atoms with Gasteiger partial charge in [-0.05, 0) is 53.8 Å². The van der Waals surface area contributed by atoms with Gasteiger partial charge in [0.1, 0.15) is 0 Å². The summed E-state index contributed by atoms with van der Waals surface area (Å²) in [5.74, 6) is 0. The first-order valence-corrected chi connectivity index (χ1v) is 6.24. The fourth-order valence-electron chi connectivity index (χ4n) is 1.49. The van der Waals surface area contributed by atoms with Crippen molar-refractivity contribution in [2.75, 3.05) is 13.6 Å². The van der Waals surface area contributed by atoms with E-state index in [-0.39, 0.29) is 5.54 Å². The molecule has 2 N–H and O–H groups in total. The quantitative estimate of drug-likeness (QED) is 0.916. The fourth-order valence-corrected chi connectivity index (χ4v) is 2.69. The van der Waals surface area contributed by atoms with Crippen LogP contribution in [0.15, 0.2) is 15.2 Å². The number of nitrogens with zero attached hydrogens (tertiary/aromatic N) is 1. The number of rotatable bonds is 4. The highest BCUT2D eigenvalue weighted by molar-refractivity contribution is 9.11. The lowest BCUT2D eigenvalue weighted by molar-refractivity contribution is 0.263. The Labute approximate surface area is 98.2 Å². The van der Waals surface area contributed by atoms with Gasteiger partial charge in [0.2, 0.25) is 0 Å². The van der Waals surface area contributed by atoms with Crippen LogP contribution in [0, 0.1) is 0 Å². The van der Waals surface area contributed by atoms with Crippen LogP contribution in [-0.2, 0) is 6.54 Å². The summed E-state index contributed by atoms with van der Waals surface area (Å²) in [7, 11) is 2.10. The van der Waals surface area contributed by atoms with Gasteiger partial charge in [0.05, 0.1) is 3.79 Å². The predicted molar refractivity (Wildman–Crippen MR) is 66.6 cm³/mol. The third-order valence-electron chi connectivity index (χ3n) is 1.75. The SMILES string of the molecule is CN(Cc1csc(Br)c1)CC(C)(C)N. The van der Waals surface area contributed by atoms with Crippen LogP contribution in [0.25, 0.3) is 0 Å². The van der Waals surface area contributed by atoms with Crippen LogP contribution in [-0.4, -0.2) is 24.0 Å². The minimum Gasteiger partial charge on any atom is -0.324 e. The first-order valence-electron chi connectivity index (χ1n) is 4.57. The third-order valence-corrected chi connectivity index (χ3v) is 3.30. The lowest BCUT2D eigenvalue weighted by Gasteiger charge is -2.26. The second kappa shape index (κ2) is 4.75. The molecule has 0 aromatic carbocycles. The van der Waals surface area contributed by atoms with Gasteiger partial charge in [-0.2, -0.15) is 0 Å². The van der Waals surface area contributed by atoms with Crippen molar-refractivity contribution in [2.45, 2.75) is 25.9 Å². The minimum absolute atomic E-state index is 0.123. The molecule has 1 aromatic heterocycles. The number of nitrogens with two attached hydrogens (primary N) is 1. The first-order chi connectivity index (χ1) is 6.37. The van der Waals surface area contributed by atoms with E-state index in [2.05, 4.69) is 39.3 Å². The molecular weight excluding hydrogens is 260 g/mol. The Hall–Kier alpha value is 0.1000. The molecule has 0 radical (unpaired) electrons. The molecule has 0 aliphatic carbocycles. The van der Waals surface area contributed by atoms with E-state index in [0.717, 1.165) is 13.1 Å². The molecule has 0 aliphatic rings. The van der Waals surface area contributed by atoms with Gasteiger partial charge in [0, 0.05) is 18.6 Å². The molecule has 2 nitrogen and oxygen atoms in total. The summed E-state index contributed by atoms with van der Waals surface area (Å²) in [5, 5.41) is 2.17. The molecule has 14 heavy (non-hydrogen) atoms. The highest BCUT2D eigenvalue weighted by atomic mass is 79.9. The van der Waals surface area contributed by atoms with Crippen LogP contribution in [0.3, 0.4) is 0 Å². The van der Waals surface area contributed by atoms with Gasteiger partial charge in [-0.15, -0.1) is 11.3 Å². The lowest BCUT2D eigenvalue weighted by Crippen LogP contribution is -2.43. The number of hydrogen-bond acceptors (Lipinski definition) is 3. The molecule has 0 unspecified atom stereocenters. The van der Waals surface area contributed by atoms with E-state index in [9.17, 15) is 0 Å². The van der Waals surface area contributed by atoms with Gasteiger partial charge < -0.3 is 10.6 Å². The van der Waals surface area contributed by atoms with Crippen LogP contribution in [0.4, 0.5) is 0 Å². The average molecular weight is 277 g/mol. The average Bonchev–Trinajstić information content (AvgIpc) is 2.30. The number of thiophene rings is 1. The topological polar surface area (TPSA) is 29.3 Å². The van der Waals surface area contributed by atoms with Gasteiger partial charge >= 0.3 is 0 Å². The number of likely N-dealkylation sites (N-methyl/N-ethyl adjacent to an activating group) is 1. The summed E-state index contributed by atoms with van der Waals surface area (Å²) < 4.78 is 1.19. The van der Waals surface area contributed by atoms with Crippen molar-refractivity contribution in [2.24, 2.45) is 5.73 Å². The zero-order valence-corrected chi connectivity index (χ0v) is 11.3. The fraction of sp³-hybridized carbons (Fsp3) is 0.600. The smallest absolute Gasteiger partial charge is 0.0701 e. The molecule has 0 aliphatic heterocycles. The van der Waals surface area contributed by atoms with Crippen molar-refractivity contribution in [3.63, 3.8) is 0 Å². The first kappa shape index (κ1) is 12.2. The number of halogens is 1. The summed E-state index contributed by atoms with van der Waals surface area (Å²) in [6.45, 7) is 5.96. The van der Waals surface area contributed by atoms with E-state index < -0.39 is 0 Å². The number of hydrogen-bond donors (Lipinski definition) is 1. The van der Waals surface area contributed by atoms with E-state index in [0.29, 0.717) is 0 Å². The lowest BCUT2D eigenvalue weighted by atomic mass is 10.1. The van der Waals surface area contributed by atoms with Crippen LogP contribution in [0.2, 0.25) is 0 Å². The van der Waals surface area contributed by atoms with Crippen molar-refractivity contribution < 1.29 is 0 Å². The maximum Gasteiger partial charge on any atom is 0.0701 e. The van der Waals surface area contributed by atoms with Gasteiger partial charge in [-0.25, -0.2) is 0 Å². The Morgan fingerprint density at radius 1 is 1.57 bits per heavy atom. The maximum atomic E-state index is 5.95. The summed E-state index contributed by atoms with van der Waals surface area (Å²) in [4.78, 5) is 2.24. The van der Waals surface area contributed by atoms with Crippen LogP contribution in [0.5, 0.6) is 0 Å². The Kier molecular flexibility index (Phi) is 4.13. The van der Waals surface area contributed by atoms with E-state index >= 15 is 0 Å². The zero-order chi connectivity index (χ0) is 10.8. The van der Waals surface area contributed by atoms with Crippen molar-refractivity contribution >= 4 is 27.3 Å². The molecule has 1 aromatic rings. The molecule has 1 rings (SSSR count). The summed E-state index contributed by atoms with van der Waals surface area (Å²) in [6.07, 6.45) is 0. The van der Waals surface area contributed by atoms with E-state index in [4.69, 9.17) is 5.73 Å². The molecule has 4 heteroatoms.